The Morgan fingerprint density at radius 2 is 2.00 bits per heavy atom. The Morgan fingerprint density at radius 3 is 2.85 bits per heavy atom. The highest BCUT2D eigenvalue weighted by atomic mass is 15.4. The van der Waals surface area contributed by atoms with Crippen molar-refractivity contribution in [2.45, 2.75) is 12.8 Å². The molecule has 4 nitrogen and oxygen atoms in total. The highest BCUT2D eigenvalue weighted by molar-refractivity contribution is 5.34. The molecule has 0 aliphatic carbocycles. The average Bonchev–Trinajstić information content (AvgIpc) is 2.29. The quantitative estimate of drug-likeness (QED) is 0.546. The smallest absolute Gasteiger partial charge is 0.123 e. The zero-order valence-electron chi connectivity index (χ0n) is 7.53. The number of anilines is 1. The van der Waals surface area contributed by atoms with E-state index < -0.39 is 0 Å². The monoisotopic (exact) mass is 178 g/mol. The van der Waals surface area contributed by atoms with E-state index in [0.717, 1.165) is 31.6 Å². The summed E-state index contributed by atoms with van der Waals surface area (Å²) in [4.78, 5) is 4.30. The van der Waals surface area contributed by atoms with Gasteiger partial charge in [0, 0.05) is 25.2 Å². The third kappa shape index (κ3) is 1.79. The first-order chi connectivity index (χ1) is 6.25. The summed E-state index contributed by atoms with van der Waals surface area (Å²) < 4.78 is 0. The Bertz CT molecular complexity index is 310. The van der Waals surface area contributed by atoms with Crippen molar-refractivity contribution in [3.8, 4) is 0 Å². The fourth-order valence-corrected chi connectivity index (χ4v) is 1.62. The maximum absolute atomic E-state index is 5.73. The topological polar surface area (TPSA) is 68.2 Å². The Hall–Kier alpha value is -1.13. The van der Waals surface area contributed by atoms with Gasteiger partial charge in [0.2, 0.25) is 0 Å². The molecule has 0 aromatic carbocycles. The molecular formula is C9H14N4. The maximum atomic E-state index is 5.73. The fraction of sp³-hybridized carbons (Fsp3) is 0.444. The van der Waals surface area contributed by atoms with Crippen molar-refractivity contribution < 1.29 is 0 Å². The summed E-state index contributed by atoms with van der Waals surface area (Å²) >= 11 is 0. The van der Waals surface area contributed by atoms with Gasteiger partial charge < -0.3 is 5.73 Å². The molecule has 70 valence electrons. The van der Waals surface area contributed by atoms with Crippen molar-refractivity contribution in [3.63, 3.8) is 0 Å². The van der Waals surface area contributed by atoms with Crippen LogP contribution in [0.4, 0.5) is 5.82 Å². The molecule has 0 saturated carbocycles. The van der Waals surface area contributed by atoms with Gasteiger partial charge in [0.1, 0.15) is 5.82 Å². The van der Waals surface area contributed by atoms with Crippen molar-refractivity contribution in [2.24, 2.45) is 5.84 Å². The molecule has 1 aromatic heterocycles. The summed E-state index contributed by atoms with van der Waals surface area (Å²) in [6, 6.07) is 3.90. The van der Waals surface area contributed by atoms with E-state index in [1.54, 1.807) is 0 Å². The summed E-state index contributed by atoms with van der Waals surface area (Å²) in [5, 5.41) is 1.83. The number of nitrogens with zero attached hydrogens (tertiary/aromatic N) is 2. The van der Waals surface area contributed by atoms with E-state index in [-0.39, 0.29) is 0 Å². The highest BCUT2D eigenvalue weighted by Gasteiger charge is 2.12. The van der Waals surface area contributed by atoms with Gasteiger partial charge in [-0.15, -0.1) is 0 Å². The Morgan fingerprint density at radius 1 is 1.23 bits per heavy atom. The summed E-state index contributed by atoms with van der Waals surface area (Å²) in [7, 11) is 0. The fourth-order valence-electron chi connectivity index (χ4n) is 1.62. The van der Waals surface area contributed by atoms with Gasteiger partial charge in [0.15, 0.2) is 0 Å². The van der Waals surface area contributed by atoms with Crippen molar-refractivity contribution in [3.05, 3.63) is 23.4 Å². The molecule has 1 aliphatic heterocycles. The van der Waals surface area contributed by atoms with Crippen LogP contribution in [0.25, 0.3) is 0 Å². The van der Waals surface area contributed by atoms with Crippen LogP contribution in [0.1, 0.15) is 11.3 Å². The Kier molecular flexibility index (Phi) is 2.16. The number of nitrogens with two attached hydrogens (primary N) is 2. The van der Waals surface area contributed by atoms with Crippen LogP contribution in [0, 0.1) is 0 Å². The van der Waals surface area contributed by atoms with Gasteiger partial charge in [-0.3, -0.25) is 5.84 Å². The first-order valence-corrected chi connectivity index (χ1v) is 4.49. The number of hydrogen-bond acceptors (Lipinski definition) is 4. The molecule has 0 atom stereocenters. The minimum absolute atomic E-state index is 0.601. The molecule has 0 amide bonds. The van der Waals surface area contributed by atoms with Crippen LogP contribution in [-0.4, -0.2) is 23.1 Å². The van der Waals surface area contributed by atoms with Crippen LogP contribution in [-0.2, 0) is 12.8 Å². The second-order valence-electron chi connectivity index (χ2n) is 3.38. The molecule has 0 spiro atoms. The maximum Gasteiger partial charge on any atom is 0.123 e. The number of pyridine rings is 1. The lowest BCUT2D eigenvalue weighted by molar-refractivity contribution is 0.298. The van der Waals surface area contributed by atoms with Gasteiger partial charge >= 0.3 is 0 Å². The molecule has 1 aliphatic rings. The van der Waals surface area contributed by atoms with Crippen molar-refractivity contribution >= 4 is 5.82 Å². The number of rotatable bonds is 0. The van der Waals surface area contributed by atoms with Gasteiger partial charge in [-0.1, -0.05) is 6.07 Å². The van der Waals surface area contributed by atoms with Crippen molar-refractivity contribution in [1.29, 1.82) is 0 Å². The number of nitrogen functional groups attached to an aromatic ring is 1. The lowest BCUT2D eigenvalue weighted by Gasteiger charge is -2.10. The van der Waals surface area contributed by atoms with E-state index in [4.69, 9.17) is 11.6 Å². The lowest BCUT2D eigenvalue weighted by atomic mass is 10.1. The summed E-state index contributed by atoms with van der Waals surface area (Å²) in [5.74, 6) is 6.33. The molecule has 0 unspecified atom stereocenters. The van der Waals surface area contributed by atoms with Gasteiger partial charge in [-0.25, -0.2) is 9.99 Å². The molecule has 0 fully saturated rings. The molecule has 2 rings (SSSR count). The third-order valence-electron chi connectivity index (χ3n) is 2.39. The number of aromatic nitrogens is 1. The molecule has 0 bridgehead atoms. The Labute approximate surface area is 77.5 Å². The first-order valence-electron chi connectivity index (χ1n) is 4.49. The van der Waals surface area contributed by atoms with E-state index in [1.165, 1.54) is 5.56 Å². The molecule has 4 N–H and O–H groups in total. The molecule has 1 aromatic rings. The second-order valence-corrected chi connectivity index (χ2v) is 3.38. The summed E-state index contributed by atoms with van der Waals surface area (Å²) in [5.41, 5.74) is 8.00. The average molecular weight is 178 g/mol. The summed E-state index contributed by atoms with van der Waals surface area (Å²) in [6.07, 6.45) is 1.87. The predicted molar refractivity (Wildman–Crippen MR) is 51.8 cm³/mol. The van der Waals surface area contributed by atoms with Crippen LogP contribution < -0.4 is 11.6 Å². The molecule has 0 saturated heterocycles. The standard InChI is InChI=1S/C9H14N4/c10-9-2-1-7-3-5-13(11)6-4-8(7)12-9/h1-2H,3-6,11H2,(H2,10,12). The van der Waals surface area contributed by atoms with Crippen LogP contribution >= 0.6 is 0 Å². The van der Waals surface area contributed by atoms with Gasteiger partial charge in [-0.2, -0.15) is 0 Å². The Balaban J connectivity index is 2.30. The zero-order valence-corrected chi connectivity index (χ0v) is 7.53. The predicted octanol–water partition coefficient (Wildman–Crippen LogP) is -0.0619. The van der Waals surface area contributed by atoms with Crippen molar-refractivity contribution in [1.82, 2.24) is 9.99 Å². The molecule has 4 heteroatoms. The molecule has 2 heterocycles. The second kappa shape index (κ2) is 3.32. The normalized spacial score (nSPS) is 17.9. The molecule has 13 heavy (non-hydrogen) atoms. The first kappa shape index (κ1) is 8.47. The van der Waals surface area contributed by atoms with Crippen LogP contribution in [0.2, 0.25) is 0 Å². The van der Waals surface area contributed by atoms with Crippen LogP contribution in [0.5, 0.6) is 0 Å². The lowest BCUT2D eigenvalue weighted by Crippen LogP contribution is -2.33. The van der Waals surface area contributed by atoms with Crippen molar-refractivity contribution in [2.75, 3.05) is 18.8 Å². The molecular weight excluding hydrogens is 164 g/mol. The van der Waals surface area contributed by atoms with Gasteiger partial charge in [0.05, 0.1) is 0 Å². The zero-order chi connectivity index (χ0) is 9.26. The molecule has 0 radical (unpaired) electrons. The minimum Gasteiger partial charge on any atom is -0.384 e. The number of fused-ring (bicyclic) bond motifs is 1. The van der Waals surface area contributed by atoms with E-state index in [2.05, 4.69) is 11.1 Å². The van der Waals surface area contributed by atoms with E-state index >= 15 is 0 Å². The summed E-state index contributed by atoms with van der Waals surface area (Å²) in [6.45, 7) is 1.77. The van der Waals surface area contributed by atoms with E-state index in [1.807, 2.05) is 11.1 Å². The van der Waals surface area contributed by atoms with Gasteiger partial charge in [0.25, 0.3) is 0 Å². The SMILES string of the molecule is Nc1ccc2c(n1)CCN(N)CC2. The van der Waals surface area contributed by atoms with Crippen LogP contribution in [0.15, 0.2) is 12.1 Å². The number of hydrazine groups is 1. The third-order valence-corrected chi connectivity index (χ3v) is 2.39. The van der Waals surface area contributed by atoms with E-state index in [0.29, 0.717) is 5.82 Å². The van der Waals surface area contributed by atoms with Crippen LogP contribution in [0.3, 0.4) is 0 Å². The number of hydrogen-bond donors (Lipinski definition) is 2. The highest BCUT2D eigenvalue weighted by Crippen LogP contribution is 2.13. The van der Waals surface area contributed by atoms with E-state index in [9.17, 15) is 0 Å². The van der Waals surface area contributed by atoms with Gasteiger partial charge in [-0.05, 0) is 18.1 Å². The largest absolute Gasteiger partial charge is 0.384 e. The minimum atomic E-state index is 0.601.